The lowest BCUT2D eigenvalue weighted by molar-refractivity contribution is 0.351. The van der Waals surface area contributed by atoms with Gasteiger partial charge < -0.3 is 5.32 Å². The quantitative estimate of drug-likeness (QED) is 0.656. The number of hydrogen-bond acceptors (Lipinski definition) is 1. The first-order valence-corrected chi connectivity index (χ1v) is 5.36. The Hall–Kier alpha value is -0.480. The maximum absolute atomic E-state index is 3.40. The molecule has 1 aliphatic rings. The van der Waals surface area contributed by atoms with Crippen molar-refractivity contribution >= 4 is 0 Å². The van der Waals surface area contributed by atoms with Crippen LogP contribution in [0.5, 0.6) is 0 Å². The minimum atomic E-state index is 0.750. The number of hydrogen-bond donors (Lipinski definition) is 1. The Morgan fingerprint density at radius 3 is 2.69 bits per heavy atom. The fourth-order valence-electron chi connectivity index (χ4n) is 2.44. The van der Waals surface area contributed by atoms with Crippen molar-refractivity contribution in [2.75, 3.05) is 7.05 Å². The van der Waals surface area contributed by atoms with Crippen molar-refractivity contribution in [1.29, 1.82) is 0 Å². The summed E-state index contributed by atoms with van der Waals surface area (Å²) >= 11 is 0. The average Bonchev–Trinajstić information content (AvgIpc) is 2.48. The van der Waals surface area contributed by atoms with Gasteiger partial charge in [0, 0.05) is 12.5 Å². The molecule has 13 heavy (non-hydrogen) atoms. The summed E-state index contributed by atoms with van der Waals surface area (Å²) in [7, 11) is 2.08. The minimum absolute atomic E-state index is 0.750. The molecule has 3 atom stereocenters. The van der Waals surface area contributed by atoms with E-state index in [2.05, 4.69) is 31.1 Å². The SMILES string of the molecule is CC#CCCC1CCC(NC)C1C. The Balaban J connectivity index is 2.30. The van der Waals surface area contributed by atoms with Gasteiger partial charge in [-0.3, -0.25) is 0 Å². The first kappa shape index (κ1) is 10.6. The van der Waals surface area contributed by atoms with Crippen molar-refractivity contribution < 1.29 is 0 Å². The monoisotopic (exact) mass is 179 g/mol. The highest BCUT2D eigenvalue weighted by molar-refractivity contribution is 4.96. The van der Waals surface area contributed by atoms with Crippen LogP contribution in [0.25, 0.3) is 0 Å². The lowest BCUT2D eigenvalue weighted by atomic mass is 9.91. The van der Waals surface area contributed by atoms with Crippen LogP contribution in [0.3, 0.4) is 0 Å². The standard InChI is InChI=1S/C12H21N/c1-4-5-6-7-11-8-9-12(13-3)10(11)2/h10-13H,6-9H2,1-3H3. The molecule has 0 aliphatic heterocycles. The summed E-state index contributed by atoms with van der Waals surface area (Å²) < 4.78 is 0. The smallest absolute Gasteiger partial charge is 0.00924 e. The van der Waals surface area contributed by atoms with Gasteiger partial charge in [0.05, 0.1) is 0 Å². The van der Waals surface area contributed by atoms with E-state index in [9.17, 15) is 0 Å². The molecule has 0 spiro atoms. The van der Waals surface area contributed by atoms with Crippen LogP contribution in [0.2, 0.25) is 0 Å². The largest absolute Gasteiger partial charge is 0.317 e. The van der Waals surface area contributed by atoms with E-state index in [1.807, 2.05) is 6.92 Å². The maximum atomic E-state index is 3.40. The summed E-state index contributed by atoms with van der Waals surface area (Å²) in [6.45, 7) is 4.30. The highest BCUT2D eigenvalue weighted by Gasteiger charge is 2.30. The zero-order valence-corrected chi connectivity index (χ0v) is 9.06. The van der Waals surface area contributed by atoms with Crippen molar-refractivity contribution in [3.63, 3.8) is 0 Å². The van der Waals surface area contributed by atoms with Crippen LogP contribution >= 0.6 is 0 Å². The van der Waals surface area contributed by atoms with Crippen LogP contribution in [0, 0.1) is 23.7 Å². The topological polar surface area (TPSA) is 12.0 Å². The van der Waals surface area contributed by atoms with Gasteiger partial charge >= 0.3 is 0 Å². The van der Waals surface area contributed by atoms with E-state index in [0.29, 0.717) is 0 Å². The Morgan fingerprint density at radius 1 is 1.38 bits per heavy atom. The van der Waals surface area contributed by atoms with Gasteiger partial charge in [0.15, 0.2) is 0 Å². The highest BCUT2D eigenvalue weighted by atomic mass is 14.9. The molecule has 1 aliphatic carbocycles. The van der Waals surface area contributed by atoms with E-state index in [1.165, 1.54) is 19.3 Å². The molecule has 1 N–H and O–H groups in total. The van der Waals surface area contributed by atoms with Crippen LogP contribution in [-0.2, 0) is 0 Å². The first-order chi connectivity index (χ1) is 6.29. The summed E-state index contributed by atoms with van der Waals surface area (Å²) in [4.78, 5) is 0. The van der Waals surface area contributed by atoms with E-state index in [4.69, 9.17) is 0 Å². The lowest BCUT2D eigenvalue weighted by Gasteiger charge is -2.19. The molecule has 0 bridgehead atoms. The predicted octanol–water partition coefficient (Wildman–Crippen LogP) is 2.42. The predicted molar refractivity (Wildman–Crippen MR) is 57.4 cm³/mol. The van der Waals surface area contributed by atoms with Gasteiger partial charge in [0.25, 0.3) is 0 Å². The minimum Gasteiger partial charge on any atom is -0.317 e. The van der Waals surface area contributed by atoms with Gasteiger partial charge in [-0.25, -0.2) is 0 Å². The molecule has 1 rings (SSSR count). The Morgan fingerprint density at radius 2 is 2.15 bits per heavy atom. The van der Waals surface area contributed by atoms with Gasteiger partial charge in [-0.1, -0.05) is 6.92 Å². The molecule has 0 amide bonds. The molecular weight excluding hydrogens is 158 g/mol. The van der Waals surface area contributed by atoms with Gasteiger partial charge in [-0.2, -0.15) is 0 Å². The van der Waals surface area contributed by atoms with Crippen molar-refractivity contribution in [3.05, 3.63) is 0 Å². The molecule has 0 aromatic rings. The highest BCUT2D eigenvalue weighted by Crippen LogP contribution is 2.34. The summed E-state index contributed by atoms with van der Waals surface area (Å²) in [5.41, 5.74) is 0. The molecule has 1 fully saturated rings. The molecule has 1 heteroatoms. The molecule has 0 saturated heterocycles. The molecule has 74 valence electrons. The Bertz CT molecular complexity index is 199. The maximum Gasteiger partial charge on any atom is 0.00924 e. The molecule has 1 nitrogen and oxygen atoms in total. The van der Waals surface area contributed by atoms with Crippen LogP contribution in [0.1, 0.15) is 39.5 Å². The second-order valence-electron chi connectivity index (χ2n) is 4.06. The second-order valence-corrected chi connectivity index (χ2v) is 4.06. The van der Waals surface area contributed by atoms with Crippen LogP contribution < -0.4 is 5.32 Å². The van der Waals surface area contributed by atoms with Crippen LogP contribution in [0.4, 0.5) is 0 Å². The van der Waals surface area contributed by atoms with Crippen LogP contribution in [0.15, 0.2) is 0 Å². The summed E-state index contributed by atoms with van der Waals surface area (Å²) in [5, 5.41) is 3.40. The Kier molecular flexibility index (Phi) is 4.32. The Labute approximate surface area is 82.3 Å². The van der Waals surface area contributed by atoms with E-state index in [1.54, 1.807) is 0 Å². The zero-order valence-electron chi connectivity index (χ0n) is 9.06. The third-order valence-corrected chi connectivity index (χ3v) is 3.41. The van der Waals surface area contributed by atoms with Crippen molar-refractivity contribution in [1.82, 2.24) is 5.32 Å². The normalized spacial score (nSPS) is 32.7. The van der Waals surface area contributed by atoms with Gasteiger partial charge in [0.1, 0.15) is 0 Å². The van der Waals surface area contributed by atoms with E-state index < -0.39 is 0 Å². The van der Waals surface area contributed by atoms with Crippen molar-refractivity contribution in [2.45, 2.75) is 45.6 Å². The van der Waals surface area contributed by atoms with E-state index in [-0.39, 0.29) is 0 Å². The van der Waals surface area contributed by atoms with Gasteiger partial charge in [-0.15, -0.1) is 11.8 Å². The van der Waals surface area contributed by atoms with Gasteiger partial charge in [-0.05, 0) is 45.1 Å². The molecule has 3 unspecified atom stereocenters. The summed E-state index contributed by atoms with van der Waals surface area (Å²) in [6.07, 6.45) is 5.11. The number of rotatable bonds is 3. The molecule has 0 heterocycles. The molecule has 1 saturated carbocycles. The molecular formula is C12H21N. The first-order valence-electron chi connectivity index (χ1n) is 5.36. The lowest BCUT2D eigenvalue weighted by Crippen LogP contribution is -2.29. The fourth-order valence-corrected chi connectivity index (χ4v) is 2.44. The van der Waals surface area contributed by atoms with Crippen LogP contribution in [-0.4, -0.2) is 13.1 Å². The third-order valence-electron chi connectivity index (χ3n) is 3.41. The second kappa shape index (κ2) is 5.29. The molecule has 0 aromatic heterocycles. The average molecular weight is 179 g/mol. The fraction of sp³-hybridized carbons (Fsp3) is 0.833. The van der Waals surface area contributed by atoms with Crippen molar-refractivity contribution in [3.8, 4) is 11.8 Å². The van der Waals surface area contributed by atoms with Crippen molar-refractivity contribution in [2.24, 2.45) is 11.8 Å². The van der Waals surface area contributed by atoms with Gasteiger partial charge in [0.2, 0.25) is 0 Å². The number of nitrogens with one attached hydrogen (secondary N) is 1. The van der Waals surface area contributed by atoms with E-state index >= 15 is 0 Å². The molecule has 0 aromatic carbocycles. The van der Waals surface area contributed by atoms with E-state index in [0.717, 1.165) is 24.3 Å². The molecule has 0 radical (unpaired) electrons. The summed E-state index contributed by atoms with van der Waals surface area (Å²) in [6, 6.07) is 0.750. The zero-order chi connectivity index (χ0) is 9.68. The third kappa shape index (κ3) is 2.74. The summed E-state index contributed by atoms with van der Waals surface area (Å²) in [5.74, 6) is 7.86.